The summed E-state index contributed by atoms with van der Waals surface area (Å²) < 4.78 is 53.9. The molecule has 0 aliphatic rings. The largest absolute Gasteiger partial charge is 0.416 e. The Morgan fingerprint density at radius 2 is 1.91 bits per heavy atom. The van der Waals surface area contributed by atoms with Crippen molar-refractivity contribution in [3.63, 3.8) is 0 Å². The zero-order chi connectivity index (χ0) is 16.8. The minimum atomic E-state index is -4.64. The average molecular weight is 323 g/mol. The number of amides is 1. The summed E-state index contributed by atoms with van der Waals surface area (Å²) in [5, 5.41) is 0. The van der Waals surface area contributed by atoms with Gasteiger partial charge in [0.15, 0.2) is 0 Å². The van der Waals surface area contributed by atoms with Gasteiger partial charge in [-0.15, -0.1) is 0 Å². The Labute approximate surface area is 127 Å². The second kappa shape index (κ2) is 5.08. The van der Waals surface area contributed by atoms with Crippen molar-refractivity contribution in [2.45, 2.75) is 6.18 Å². The molecule has 1 aromatic carbocycles. The molecule has 0 spiro atoms. The number of nitrogens with two attached hydrogens (primary N) is 1. The Morgan fingerprint density at radius 1 is 1.17 bits per heavy atom. The van der Waals surface area contributed by atoms with Gasteiger partial charge < -0.3 is 5.73 Å². The zero-order valence-corrected chi connectivity index (χ0v) is 11.4. The number of halogens is 4. The van der Waals surface area contributed by atoms with Crippen LogP contribution in [0.2, 0.25) is 0 Å². The molecule has 2 N–H and O–H groups in total. The standard InChI is InChI=1S/C15H9F4N3O/c16-10-5-4-8(15(17,18)19)7-9(10)12-13(14(20)23)22-6-2-1-3-11(22)21-12/h1-7H,(H2,20,23). The number of hydrogen-bond donors (Lipinski definition) is 1. The van der Waals surface area contributed by atoms with Gasteiger partial charge in [0.2, 0.25) is 0 Å². The lowest BCUT2D eigenvalue weighted by Gasteiger charge is -2.09. The third-order valence-corrected chi connectivity index (χ3v) is 3.31. The normalized spacial score (nSPS) is 11.8. The predicted octanol–water partition coefficient (Wildman–Crippen LogP) is 3.26. The van der Waals surface area contributed by atoms with Crippen LogP contribution in [0, 0.1) is 5.82 Å². The lowest BCUT2D eigenvalue weighted by molar-refractivity contribution is -0.137. The van der Waals surface area contributed by atoms with Gasteiger partial charge in [0, 0.05) is 11.8 Å². The predicted molar refractivity (Wildman–Crippen MR) is 74.1 cm³/mol. The van der Waals surface area contributed by atoms with Crippen LogP contribution in [0.15, 0.2) is 42.6 Å². The average Bonchev–Trinajstić information content (AvgIpc) is 2.85. The fourth-order valence-corrected chi connectivity index (χ4v) is 2.30. The molecule has 2 heterocycles. The molecule has 0 atom stereocenters. The number of hydrogen-bond acceptors (Lipinski definition) is 2. The van der Waals surface area contributed by atoms with Gasteiger partial charge in [-0.25, -0.2) is 9.37 Å². The lowest BCUT2D eigenvalue weighted by Crippen LogP contribution is -2.15. The maximum Gasteiger partial charge on any atom is 0.416 e. The van der Waals surface area contributed by atoms with Gasteiger partial charge in [-0.05, 0) is 30.3 Å². The molecule has 0 fully saturated rings. The van der Waals surface area contributed by atoms with E-state index in [1.54, 1.807) is 12.1 Å². The molecule has 0 bridgehead atoms. The van der Waals surface area contributed by atoms with Crippen LogP contribution >= 0.6 is 0 Å². The molecule has 3 rings (SSSR count). The summed E-state index contributed by atoms with van der Waals surface area (Å²) in [7, 11) is 0. The number of carbonyl (C=O) groups excluding carboxylic acids is 1. The number of imidazole rings is 1. The topological polar surface area (TPSA) is 60.4 Å². The van der Waals surface area contributed by atoms with Crippen LogP contribution in [-0.4, -0.2) is 15.3 Å². The fraction of sp³-hybridized carbons (Fsp3) is 0.0667. The van der Waals surface area contributed by atoms with Gasteiger partial charge in [0.05, 0.1) is 5.56 Å². The molecule has 23 heavy (non-hydrogen) atoms. The highest BCUT2D eigenvalue weighted by molar-refractivity contribution is 5.98. The number of primary amides is 1. The van der Waals surface area contributed by atoms with E-state index in [2.05, 4.69) is 4.98 Å². The van der Waals surface area contributed by atoms with E-state index < -0.39 is 29.0 Å². The molecule has 1 amide bonds. The quantitative estimate of drug-likeness (QED) is 0.736. The van der Waals surface area contributed by atoms with E-state index in [4.69, 9.17) is 5.73 Å². The van der Waals surface area contributed by atoms with E-state index in [9.17, 15) is 22.4 Å². The van der Waals surface area contributed by atoms with Gasteiger partial charge in [0.1, 0.15) is 22.9 Å². The first kappa shape index (κ1) is 15.0. The van der Waals surface area contributed by atoms with Crippen molar-refractivity contribution in [1.29, 1.82) is 0 Å². The van der Waals surface area contributed by atoms with E-state index in [-0.39, 0.29) is 17.0 Å². The van der Waals surface area contributed by atoms with E-state index in [0.717, 1.165) is 0 Å². The first-order chi connectivity index (χ1) is 10.8. The Kier molecular flexibility index (Phi) is 3.32. The molecule has 0 unspecified atom stereocenters. The number of rotatable bonds is 2. The highest BCUT2D eigenvalue weighted by atomic mass is 19.4. The minimum absolute atomic E-state index is 0.182. The molecular weight excluding hydrogens is 314 g/mol. The summed E-state index contributed by atoms with van der Waals surface area (Å²) in [5.74, 6) is -1.85. The van der Waals surface area contributed by atoms with Crippen molar-refractivity contribution >= 4 is 11.6 Å². The van der Waals surface area contributed by atoms with Crippen LogP contribution in [0.5, 0.6) is 0 Å². The van der Waals surface area contributed by atoms with E-state index in [0.29, 0.717) is 18.2 Å². The number of benzene rings is 1. The molecular formula is C15H9F4N3O. The first-order valence-electron chi connectivity index (χ1n) is 6.43. The minimum Gasteiger partial charge on any atom is -0.364 e. The van der Waals surface area contributed by atoms with Gasteiger partial charge in [-0.3, -0.25) is 9.20 Å². The third kappa shape index (κ3) is 2.52. The molecule has 3 aromatic rings. The Hall–Kier alpha value is -2.90. The first-order valence-corrected chi connectivity index (χ1v) is 6.43. The molecule has 118 valence electrons. The monoisotopic (exact) mass is 323 g/mol. The molecule has 0 aliphatic heterocycles. The van der Waals surface area contributed by atoms with Crippen LogP contribution in [0.1, 0.15) is 16.1 Å². The summed E-state index contributed by atoms with van der Waals surface area (Å²) in [6, 6.07) is 6.67. The van der Waals surface area contributed by atoms with Crippen LogP contribution < -0.4 is 5.73 Å². The molecule has 0 saturated heterocycles. The molecule has 2 aromatic heterocycles. The van der Waals surface area contributed by atoms with Gasteiger partial charge in [-0.2, -0.15) is 13.2 Å². The van der Waals surface area contributed by atoms with Crippen LogP contribution in [0.3, 0.4) is 0 Å². The van der Waals surface area contributed by atoms with Crippen LogP contribution in [0.4, 0.5) is 17.6 Å². The van der Waals surface area contributed by atoms with Gasteiger partial charge in [-0.1, -0.05) is 6.07 Å². The van der Waals surface area contributed by atoms with Crippen LogP contribution in [-0.2, 0) is 6.18 Å². The SMILES string of the molecule is NC(=O)c1c(-c2cc(C(F)(F)F)ccc2F)nc2ccccn12. The number of alkyl halides is 3. The number of fused-ring (bicyclic) bond motifs is 1. The van der Waals surface area contributed by atoms with E-state index in [1.807, 2.05) is 0 Å². The number of pyridine rings is 1. The molecule has 4 nitrogen and oxygen atoms in total. The molecule has 8 heteroatoms. The number of aromatic nitrogens is 2. The summed E-state index contributed by atoms with van der Waals surface area (Å²) in [4.78, 5) is 15.7. The lowest BCUT2D eigenvalue weighted by atomic mass is 10.1. The maximum absolute atomic E-state index is 14.0. The summed E-state index contributed by atoms with van der Waals surface area (Å²) in [6.45, 7) is 0. The molecule has 0 saturated carbocycles. The van der Waals surface area contributed by atoms with Gasteiger partial charge >= 0.3 is 6.18 Å². The zero-order valence-electron chi connectivity index (χ0n) is 11.4. The summed E-state index contributed by atoms with van der Waals surface area (Å²) >= 11 is 0. The number of nitrogens with zero attached hydrogens (tertiary/aromatic N) is 2. The summed E-state index contributed by atoms with van der Waals surface area (Å²) in [6.07, 6.45) is -3.17. The van der Waals surface area contributed by atoms with E-state index in [1.165, 1.54) is 16.7 Å². The summed E-state index contributed by atoms with van der Waals surface area (Å²) in [5.41, 5.74) is 3.68. The Bertz CT molecular complexity index is 915. The number of carbonyl (C=O) groups is 1. The smallest absolute Gasteiger partial charge is 0.364 e. The second-order valence-corrected chi connectivity index (χ2v) is 4.79. The Balaban J connectivity index is 2.33. The second-order valence-electron chi connectivity index (χ2n) is 4.79. The van der Waals surface area contributed by atoms with Crippen molar-refractivity contribution in [2.75, 3.05) is 0 Å². The molecule has 0 radical (unpaired) electrons. The van der Waals surface area contributed by atoms with Crippen molar-refractivity contribution in [1.82, 2.24) is 9.38 Å². The highest BCUT2D eigenvalue weighted by Crippen LogP contribution is 2.34. The Morgan fingerprint density at radius 3 is 2.57 bits per heavy atom. The maximum atomic E-state index is 14.0. The molecule has 0 aliphatic carbocycles. The van der Waals surface area contributed by atoms with E-state index >= 15 is 0 Å². The fourth-order valence-electron chi connectivity index (χ4n) is 2.30. The van der Waals surface area contributed by atoms with Crippen molar-refractivity contribution in [3.8, 4) is 11.3 Å². The van der Waals surface area contributed by atoms with Crippen molar-refractivity contribution in [3.05, 3.63) is 59.7 Å². The van der Waals surface area contributed by atoms with Crippen molar-refractivity contribution in [2.24, 2.45) is 5.73 Å². The third-order valence-electron chi connectivity index (χ3n) is 3.31. The van der Waals surface area contributed by atoms with Gasteiger partial charge in [0.25, 0.3) is 5.91 Å². The highest BCUT2D eigenvalue weighted by Gasteiger charge is 2.32. The van der Waals surface area contributed by atoms with Crippen molar-refractivity contribution < 1.29 is 22.4 Å². The van der Waals surface area contributed by atoms with Crippen LogP contribution in [0.25, 0.3) is 16.9 Å².